The lowest BCUT2D eigenvalue weighted by atomic mass is 10.00. The lowest BCUT2D eigenvalue weighted by Crippen LogP contribution is -2.56. The lowest BCUT2D eigenvalue weighted by molar-refractivity contribution is -0.0927. The Bertz CT molecular complexity index is 376. The van der Waals surface area contributed by atoms with Crippen LogP contribution in [0.3, 0.4) is 0 Å². The van der Waals surface area contributed by atoms with Gasteiger partial charge in [-0.05, 0) is 52.1 Å². The standard InChI is InChI=1S/C17H31N3O2/c1-15(6-11-19-9-4-5-10-19)18-16(21)20-12-13-22-17(14-20)7-2-3-8-17/h15H,2-14H2,1H3,(H,18,21)/t15-/m0/s1. The highest BCUT2D eigenvalue weighted by molar-refractivity contribution is 5.74. The average molecular weight is 309 g/mol. The largest absolute Gasteiger partial charge is 0.371 e. The summed E-state index contributed by atoms with van der Waals surface area (Å²) < 4.78 is 6.00. The van der Waals surface area contributed by atoms with Crippen LogP contribution in [0.25, 0.3) is 0 Å². The monoisotopic (exact) mass is 309 g/mol. The number of carbonyl (C=O) groups is 1. The van der Waals surface area contributed by atoms with Crippen LogP contribution in [0, 0.1) is 0 Å². The molecule has 2 aliphatic heterocycles. The molecular weight excluding hydrogens is 278 g/mol. The molecule has 2 saturated heterocycles. The maximum Gasteiger partial charge on any atom is 0.317 e. The first-order chi connectivity index (χ1) is 10.7. The molecule has 3 aliphatic rings. The molecule has 126 valence electrons. The first-order valence-electron chi connectivity index (χ1n) is 9.09. The fourth-order valence-corrected chi connectivity index (χ4v) is 4.10. The average Bonchev–Trinajstić information content (AvgIpc) is 3.17. The Labute approximate surface area is 134 Å². The highest BCUT2D eigenvalue weighted by Gasteiger charge is 2.40. The Morgan fingerprint density at radius 2 is 1.91 bits per heavy atom. The number of carbonyl (C=O) groups excluding carboxylic acids is 1. The molecule has 3 rings (SSSR count). The maximum atomic E-state index is 12.5. The zero-order chi connectivity index (χ0) is 15.4. The molecular formula is C17H31N3O2. The third-order valence-corrected chi connectivity index (χ3v) is 5.50. The molecule has 2 amide bonds. The number of hydrogen-bond donors (Lipinski definition) is 1. The topological polar surface area (TPSA) is 44.8 Å². The molecule has 5 nitrogen and oxygen atoms in total. The number of rotatable bonds is 4. The summed E-state index contributed by atoms with van der Waals surface area (Å²) in [6.45, 7) is 7.88. The molecule has 2 heterocycles. The second-order valence-corrected chi connectivity index (χ2v) is 7.35. The van der Waals surface area contributed by atoms with Crippen molar-refractivity contribution in [3.8, 4) is 0 Å². The molecule has 1 atom stereocenters. The van der Waals surface area contributed by atoms with E-state index >= 15 is 0 Å². The number of likely N-dealkylation sites (tertiary alicyclic amines) is 1. The van der Waals surface area contributed by atoms with Crippen molar-refractivity contribution >= 4 is 6.03 Å². The van der Waals surface area contributed by atoms with E-state index in [-0.39, 0.29) is 17.7 Å². The molecule has 5 heteroatoms. The van der Waals surface area contributed by atoms with Gasteiger partial charge in [0.2, 0.25) is 0 Å². The van der Waals surface area contributed by atoms with Gasteiger partial charge in [-0.2, -0.15) is 0 Å². The summed E-state index contributed by atoms with van der Waals surface area (Å²) in [6.07, 6.45) is 8.40. The van der Waals surface area contributed by atoms with Crippen molar-refractivity contribution in [3.63, 3.8) is 0 Å². The third-order valence-electron chi connectivity index (χ3n) is 5.50. The molecule has 0 aromatic carbocycles. The SMILES string of the molecule is C[C@@H](CCN1CCCC1)NC(=O)N1CCOC2(CCCC2)C1. The molecule has 0 aromatic rings. The van der Waals surface area contributed by atoms with E-state index in [1.165, 1.54) is 38.8 Å². The van der Waals surface area contributed by atoms with E-state index in [1.807, 2.05) is 4.90 Å². The molecule has 0 unspecified atom stereocenters. The highest BCUT2D eigenvalue weighted by Crippen LogP contribution is 2.35. The fourth-order valence-electron chi connectivity index (χ4n) is 4.10. The second-order valence-electron chi connectivity index (χ2n) is 7.35. The van der Waals surface area contributed by atoms with Crippen LogP contribution in [0.4, 0.5) is 4.79 Å². The van der Waals surface area contributed by atoms with Crippen LogP contribution in [-0.4, -0.2) is 66.8 Å². The Morgan fingerprint density at radius 1 is 1.18 bits per heavy atom. The minimum atomic E-state index is -0.0334. The maximum absolute atomic E-state index is 12.5. The normalized spacial score (nSPS) is 26.5. The van der Waals surface area contributed by atoms with E-state index in [9.17, 15) is 4.79 Å². The number of nitrogens with zero attached hydrogens (tertiary/aromatic N) is 2. The van der Waals surface area contributed by atoms with Crippen molar-refractivity contribution in [2.75, 3.05) is 39.3 Å². The lowest BCUT2D eigenvalue weighted by Gasteiger charge is -2.40. The van der Waals surface area contributed by atoms with Gasteiger partial charge in [0, 0.05) is 19.1 Å². The zero-order valence-corrected chi connectivity index (χ0v) is 14.0. The van der Waals surface area contributed by atoms with Crippen LogP contribution in [0.2, 0.25) is 0 Å². The van der Waals surface area contributed by atoms with Crippen LogP contribution in [0.1, 0.15) is 51.9 Å². The third kappa shape index (κ3) is 3.93. The Kier molecular flexibility index (Phi) is 5.24. The molecule has 0 bridgehead atoms. The first-order valence-corrected chi connectivity index (χ1v) is 9.09. The number of hydrogen-bond acceptors (Lipinski definition) is 3. The number of ether oxygens (including phenoxy) is 1. The number of nitrogens with one attached hydrogen (secondary N) is 1. The van der Waals surface area contributed by atoms with Gasteiger partial charge < -0.3 is 19.9 Å². The fraction of sp³-hybridized carbons (Fsp3) is 0.941. The van der Waals surface area contributed by atoms with E-state index in [0.717, 1.165) is 38.9 Å². The van der Waals surface area contributed by atoms with E-state index in [4.69, 9.17) is 4.74 Å². The second kappa shape index (κ2) is 7.18. The molecule has 0 aromatic heterocycles. The van der Waals surface area contributed by atoms with Gasteiger partial charge in [0.1, 0.15) is 0 Å². The van der Waals surface area contributed by atoms with E-state index < -0.39 is 0 Å². The van der Waals surface area contributed by atoms with Crippen molar-refractivity contribution in [1.29, 1.82) is 0 Å². The van der Waals surface area contributed by atoms with Crippen LogP contribution >= 0.6 is 0 Å². The van der Waals surface area contributed by atoms with Gasteiger partial charge >= 0.3 is 6.03 Å². The van der Waals surface area contributed by atoms with Gasteiger partial charge in [0.15, 0.2) is 0 Å². The van der Waals surface area contributed by atoms with E-state index in [0.29, 0.717) is 6.61 Å². The van der Waals surface area contributed by atoms with Crippen LogP contribution in [0.5, 0.6) is 0 Å². The van der Waals surface area contributed by atoms with Crippen molar-refractivity contribution < 1.29 is 9.53 Å². The number of urea groups is 1. The highest BCUT2D eigenvalue weighted by atomic mass is 16.5. The van der Waals surface area contributed by atoms with Crippen LogP contribution in [0.15, 0.2) is 0 Å². The summed E-state index contributed by atoms with van der Waals surface area (Å²) in [5.41, 5.74) is -0.0334. The zero-order valence-electron chi connectivity index (χ0n) is 14.0. The van der Waals surface area contributed by atoms with Crippen LogP contribution < -0.4 is 5.32 Å². The van der Waals surface area contributed by atoms with Gasteiger partial charge in [-0.1, -0.05) is 12.8 Å². The number of amides is 2. The van der Waals surface area contributed by atoms with Crippen molar-refractivity contribution in [1.82, 2.24) is 15.1 Å². The quantitative estimate of drug-likeness (QED) is 0.866. The number of morpholine rings is 1. The Morgan fingerprint density at radius 3 is 2.64 bits per heavy atom. The van der Waals surface area contributed by atoms with Gasteiger partial charge in [0.05, 0.1) is 18.8 Å². The first kappa shape index (κ1) is 16.1. The summed E-state index contributed by atoms with van der Waals surface area (Å²) in [5, 5.41) is 3.18. The van der Waals surface area contributed by atoms with E-state index in [1.54, 1.807) is 0 Å². The molecule has 3 fully saturated rings. The predicted molar refractivity (Wildman–Crippen MR) is 87.0 cm³/mol. The Hall–Kier alpha value is -0.810. The molecule has 22 heavy (non-hydrogen) atoms. The minimum absolute atomic E-state index is 0.0334. The summed E-state index contributed by atoms with van der Waals surface area (Å²) in [5.74, 6) is 0. The Balaban J connectivity index is 1.42. The molecule has 0 radical (unpaired) electrons. The van der Waals surface area contributed by atoms with Crippen molar-refractivity contribution in [2.24, 2.45) is 0 Å². The summed E-state index contributed by atoms with van der Waals surface area (Å²) in [4.78, 5) is 17.0. The van der Waals surface area contributed by atoms with Crippen molar-refractivity contribution in [3.05, 3.63) is 0 Å². The summed E-state index contributed by atoms with van der Waals surface area (Å²) in [7, 11) is 0. The van der Waals surface area contributed by atoms with Gasteiger partial charge in [-0.25, -0.2) is 4.79 Å². The van der Waals surface area contributed by atoms with Gasteiger partial charge in [-0.3, -0.25) is 0 Å². The van der Waals surface area contributed by atoms with Crippen LogP contribution in [-0.2, 0) is 4.74 Å². The van der Waals surface area contributed by atoms with E-state index in [2.05, 4.69) is 17.1 Å². The van der Waals surface area contributed by atoms with Gasteiger partial charge in [-0.15, -0.1) is 0 Å². The summed E-state index contributed by atoms with van der Waals surface area (Å²) >= 11 is 0. The summed E-state index contributed by atoms with van der Waals surface area (Å²) in [6, 6.07) is 0.346. The minimum Gasteiger partial charge on any atom is -0.371 e. The van der Waals surface area contributed by atoms with Gasteiger partial charge in [0.25, 0.3) is 0 Å². The molecule has 1 saturated carbocycles. The predicted octanol–water partition coefficient (Wildman–Crippen LogP) is 2.22. The smallest absolute Gasteiger partial charge is 0.317 e. The molecule has 1 N–H and O–H groups in total. The van der Waals surface area contributed by atoms with Crippen molar-refractivity contribution in [2.45, 2.75) is 63.5 Å². The molecule has 1 spiro atoms. The molecule has 1 aliphatic carbocycles.